The molecule has 0 aliphatic heterocycles. The normalized spacial score (nSPS) is 12.0. The molecule has 0 radical (unpaired) electrons. The van der Waals surface area contributed by atoms with E-state index in [0.717, 1.165) is 11.6 Å². The highest BCUT2D eigenvalue weighted by atomic mass is 19.4. The molecular formula is C13H13F3N6. The molecule has 0 bridgehead atoms. The number of hydrogen-bond donors (Lipinski definition) is 1. The van der Waals surface area contributed by atoms with E-state index in [2.05, 4.69) is 20.5 Å². The number of nitrogens with zero attached hydrogens (tertiary/aromatic N) is 5. The number of aryl methyl sites for hydroxylation is 1. The van der Waals surface area contributed by atoms with Crippen LogP contribution in [0.15, 0.2) is 30.9 Å². The van der Waals surface area contributed by atoms with Gasteiger partial charge in [-0.3, -0.25) is 4.68 Å². The van der Waals surface area contributed by atoms with Crippen molar-refractivity contribution in [3.8, 4) is 0 Å². The molecule has 116 valence electrons. The van der Waals surface area contributed by atoms with Gasteiger partial charge in [0.05, 0.1) is 6.20 Å². The molecule has 3 heterocycles. The zero-order chi connectivity index (χ0) is 15.7. The molecule has 0 fully saturated rings. The molecule has 0 amide bonds. The molecular weight excluding hydrogens is 297 g/mol. The highest BCUT2D eigenvalue weighted by Crippen LogP contribution is 2.29. The predicted octanol–water partition coefficient (Wildman–Crippen LogP) is 2.14. The molecule has 6 nitrogen and oxygen atoms in total. The lowest BCUT2D eigenvalue weighted by molar-refractivity contribution is -0.141. The maximum atomic E-state index is 12.7. The Morgan fingerprint density at radius 3 is 2.82 bits per heavy atom. The van der Waals surface area contributed by atoms with Gasteiger partial charge in [0.2, 0.25) is 0 Å². The van der Waals surface area contributed by atoms with Gasteiger partial charge in [0.25, 0.3) is 0 Å². The Morgan fingerprint density at radius 1 is 1.32 bits per heavy atom. The summed E-state index contributed by atoms with van der Waals surface area (Å²) in [5.74, 6) is 0.370. The van der Waals surface area contributed by atoms with Crippen LogP contribution >= 0.6 is 0 Å². The van der Waals surface area contributed by atoms with Crippen LogP contribution in [-0.4, -0.2) is 30.9 Å². The number of anilines is 1. The molecule has 3 aromatic heterocycles. The molecule has 0 aliphatic carbocycles. The van der Waals surface area contributed by atoms with E-state index in [1.54, 1.807) is 10.9 Å². The third kappa shape index (κ3) is 2.87. The van der Waals surface area contributed by atoms with Crippen molar-refractivity contribution < 1.29 is 13.2 Å². The summed E-state index contributed by atoms with van der Waals surface area (Å²) < 4.78 is 41.0. The largest absolute Gasteiger partial charge is 0.435 e. The summed E-state index contributed by atoms with van der Waals surface area (Å²) in [5.41, 5.74) is 0.392. The SMILES string of the molecule is Cn1cc(CCNc2nccn3nc(C(F)(F)F)cc23)cn1. The molecule has 0 saturated heterocycles. The summed E-state index contributed by atoms with van der Waals surface area (Å²) in [6.07, 6.45) is 2.64. The van der Waals surface area contributed by atoms with E-state index in [1.807, 2.05) is 13.2 Å². The van der Waals surface area contributed by atoms with Crippen molar-refractivity contribution in [1.82, 2.24) is 24.4 Å². The Kier molecular flexibility index (Phi) is 3.47. The van der Waals surface area contributed by atoms with Crippen molar-refractivity contribution in [3.63, 3.8) is 0 Å². The van der Waals surface area contributed by atoms with Gasteiger partial charge in [-0.1, -0.05) is 0 Å². The first-order valence-corrected chi connectivity index (χ1v) is 6.56. The Balaban J connectivity index is 1.77. The fourth-order valence-corrected chi connectivity index (χ4v) is 2.12. The fraction of sp³-hybridized carbons (Fsp3) is 0.308. The number of rotatable bonds is 4. The Hall–Kier alpha value is -2.58. The molecule has 3 rings (SSSR count). The Morgan fingerprint density at radius 2 is 2.14 bits per heavy atom. The molecule has 0 aromatic carbocycles. The molecule has 3 aromatic rings. The van der Waals surface area contributed by atoms with Crippen molar-refractivity contribution in [2.75, 3.05) is 11.9 Å². The van der Waals surface area contributed by atoms with Crippen LogP contribution in [0.25, 0.3) is 5.52 Å². The summed E-state index contributed by atoms with van der Waals surface area (Å²) in [5, 5.41) is 10.6. The van der Waals surface area contributed by atoms with Crippen LogP contribution < -0.4 is 5.32 Å². The van der Waals surface area contributed by atoms with Crippen molar-refractivity contribution >= 4 is 11.3 Å². The number of hydrogen-bond acceptors (Lipinski definition) is 4. The van der Waals surface area contributed by atoms with Gasteiger partial charge in [0.1, 0.15) is 5.52 Å². The highest BCUT2D eigenvalue weighted by molar-refractivity contribution is 5.67. The van der Waals surface area contributed by atoms with Crippen LogP contribution in [0.3, 0.4) is 0 Å². The molecule has 22 heavy (non-hydrogen) atoms. The maximum absolute atomic E-state index is 12.7. The van der Waals surface area contributed by atoms with Crippen molar-refractivity contribution in [2.24, 2.45) is 7.05 Å². The van der Waals surface area contributed by atoms with E-state index in [1.165, 1.54) is 16.9 Å². The Labute approximate surface area is 123 Å². The zero-order valence-electron chi connectivity index (χ0n) is 11.7. The van der Waals surface area contributed by atoms with E-state index in [-0.39, 0.29) is 0 Å². The second-order valence-electron chi connectivity index (χ2n) is 4.83. The van der Waals surface area contributed by atoms with Crippen LogP contribution in [0.1, 0.15) is 11.3 Å². The lowest BCUT2D eigenvalue weighted by Crippen LogP contribution is -2.07. The first kappa shape index (κ1) is 14.4. The molecule has 0 atom stereocenters. The predicted molar refractivity (Wildman–Crippen MR) is 73.4 cm³/mol. The molecule has 0 saturated carbocycles. The Bertz CT molecular complexity index is 789. The van der Waals surface area contributed by atoms with Crippen LogP contribution in [0.4, 0.5) is 19.0 Å². The lowest BCUT2D eigenvalue weighted by atomic mass is 10.2. The van der Waals surface area contributed by atoms with Gasteiger partial charge < -0.3 is 5.32 Å². The number of halogens is 3. The summed E-state index contributed by atoms with van der Waals surface area (Å²) in [4.78, 5) is 4.08. The van der Waals surface area contributed by atoms with Gasteiger partial charge in [-0.15, -0.1) is 0 Å². The quantitative estimate of drug-likeness (QED) is 0.802. The van der Waals surface area contributed by atoms with Crippen LogP contribution in [0, 0.1) is 0 Å². The standard InChI is InChI=1S/C13H13F3N6/c1-21-8-9(7-19-21)2-3-17-12-10-6-11(13(14,15)16)20-22(10)5-4-18-12/h4-8H,2-3H2,1H3,(H,17,18). The summed E-state index contributed by atoms with van der Waals surface area (Å²) >= 11 is 0. The minimum atomic E-state index is -4.47. The monoisotopic (exact) mass is 310 g/mol. The minimum Gasteiger partial charge on any atom is -0.368 e. The summed E-state index contributed by atoms with van der Waals surface area (Å²) in [7, 11) is 1.82. The molecule has 0 spiro atoms. The second-order valence-corrected chi connectivity index (χ2v) is 4.83. The summed E-state index contributed by atoms with van der Waals surface area (Å²) in [6.45, 7) is 0.533. The molecule has 0 unspecified atom stereocenters. The fourth-order valence-electron chi connectivity index (χ4n) is 2.12. The first-order chi connectivity index (χ1) is 10.4. The minimum absolute atomic E-state index is 0.293. The molecule has 1 N–H and O–H groups in total. The molecule has 9 heteroatoms. The van der Waals surface area contributed by atoms with E-state index in [4.69, 9.17) is 0 Å². The second kappa shape index (κ2) is 5.32. The van der Waals surface area contributed by atoms with Crippen molar-refractivity contribution in [1.29, 1.82) is 0 Å². The number of alkyl halides is 3. The smallest absolute Gasteiger partial charge is 0.368 e. The van der Waals surface area contributed by atoms with Gasteiger partial charge in [-0.05, 0) is 12.0 Å². The van der Waals surface area contributed by atoms with Crippen LogP contribution in [0.2, 0.25) is 0 Å². The highest BCUT2D eigenvalue weighted by Gasteiger charge is 2.34. The van der Waals surface area contributed by atoms with Gasteiger partial charge >= 0.3 is 6.18 Å². The zero-order valence-corrected chi connectivity index (χ0v) is 11.7. The van der Waals surface area contributed by atoms with E-state index < -0.39 is 11.9 Å². The van der Waals surface area contributed by atoms with Gasteiger partial charge in [0, 0.05) is 38.2 Å². The van der Waals surface area contributed by atoms with Gasteiger partial charge in [-0.25, -0.2) is 9.50 Å². The topological polar surface area (TPSA) is 60.0 Å². The van der Waals surface area contributed by atoms with Gasteiger partial charge in [0.15, 0.2) is 11.5 Å². The van der Waals surface area contributed by atoms with Crippen LogP contribution in [-0.2, 0) is 19.6 Å². The third-order valence-corrected chi connectivity index (χ3v) is 3.14. The van der Waals surface area contributed by atoms with Gasteiger partial charge in [-0.2, -0.15) is 23.4 Å². The number of aromatic nitrogens is 5. The first-order valence-electron chi connectivity index (χ1n) is 6.56. The average Bonchev–Trinajstić information content (AvgIpc) is 3.05. The maximum Gasteiger partial charge on any atom is 0.435 e. The van der Waals surface area contributed by atoms with E-state index in [0.29, 0.717) is 24.3 Å². The van der Waals surface area contributed by atoms with E-state index >= 15 is 0 Å². The van der Waals surface area contributed by atoms with Crippen LogP contribution in [0.5, 0.6) is 0 Å². The molecule has 0 aliphatic rings. The average molecular weight is 310 g/mol. The summed E-state index contributed by atoms with van der Waals surface area (Å²) in [6, 6.07) is 0.986. The van der Waals surface area contributed by atoms with E-state index in [9.17, 15) is 13.2 Å². The van der Waals surface area contributed by atoms with Crippen molar-refractivity contribution in [2.45, 2.75) is 12.6 Å². The lowest BCUT2D eigenvalue weighted by Gasteiger charge is -2.05. The number of fused-ring (bicyclic) bond motifs is 1. The number of nitrogens with one attached hydrogen (secondary N) is 1. The third-order valence-electron chi connectivity index (χ3n) is 3.14. The van der Waals surface area contributed by atoms with Crippen molar-refractivity contribution in [3.05, 3.63) is 42.1 Å².